The number of fused-ring (bicyclic) bond motifs is 1. The Kier molecular flexibility index (Phi) is 4.84. The number of ether oxygens (including phenoxy) is 2. The first-order valence-corrected chi connectivity index (χ1v) is 9.42. The minimum atomic E-state index is -0.479. The minimum absolute atomic E-state index is 0.191. The van der Waals surface area contributed by atoms with Crippen molar-refractivity contribution in [1.82, 2.24) is 0 Å². The van der Waals surface area contributed by atoms with Gasteiger partial charge in [0.15, 0.2) is 5.76 Å². The van der Waals surface area contributed by atoms with Crippen LogP contribution in [0, 0.1) is 6.92 Å². The van der Waals surface area contributed by atoms with Crippen LogP contribution in [0.1, 0.15) is 31.8 Å². The zero-order valence-corrected chi connectivity index (χ0v) is 16.5. The Hall–Kier alpha value is -3.18. The molecule has 0 amide bonds. The number of carbonyl (C=O) groups is 2. The van der Waals surface area contributed by atoms with Gasteiger partial charge in [-0.05, 0) is 60.5 Å². The van der Waals surface area contributed by atoms with Crippen LogP contribution in [-0.2, 0) is 0 Å². The van der Waals surface area contributed by atoms with Crippen LogP contribution in [0.4, 0.5) is 0 Å². The number of hydrogen-bond donors (Lipinski definition) is 0. The summed E-state index contributed by atoms with van der Waals surface area (Å²) in [7, 11) is 0. The Balaban J connectivity index is 1.56. The molecular weight excluding hydrogens is 420 g/mol. The fourth-order valence-corrected chi connectivity index (χ4v) is 3.14. The highest BCUT2D eigenvalue weighted by atomic mass is 79.9. The summed E-state index contributed by atoms with van der Waals surface area (Å²) in [4.78, 5) is 24.9. The molecular formula is C23H15BrO4. The van der Waals surface area contributed by atoms with E-state index in [2.05, 4.69) is 15.9 Å². The molecule has 0 spiro atoms. The van der Waals surface area contributed by atoms with Crippen molar-refractivity contribution < 1.29 is 19.1 Å². The summed E-state index contributed by atoms with van der Waals surface area (Å²) in [6.07, 6.45) is 1.73. The number of allylic oxidation sites excluding steroid dienone is 1. The second kappa shape index (κ2) is 7.44. The van der Waals surface area contributed by atoms with Crippen molar-refractivity contribution in [2.45, 2.75) is 6.92 Å². The standard InChI is InChI=1S/C23H15BrO4/c1-14-4-2-3-5-16(14)12-21-22(25)19-11-10-18(13-20(19)28-21)27-23(26)15-6-8-17(24)9-7-15/h2-13H,1H3/b21-12-. The molecule has 0 N–H and O–H groups in total. The number of rotatable bonds is 3. The van der Waals surface area contributed by atoms with E-state index >= 15 is 0 Å². The van der Waals surface area contributed by atoms with Crippen molar-refractivity contribution in [2.24, 2.45) is 0 Å². The average Bonchev–Trinajstić information content (AvgIpc) is 2.99. The van der Waals surface area contributed by atoms with Crippen LogP contribution in [0.3, 0.4) is 0 Å². The van der Waals surface area contributed by atoms with Crippen molar-refractivity contribution >= 4 is 33.8 Å². The van der Waals surface area contributed by atoms with E-state index in [-0.39, 0.29) is 11.5 Å². The van der Waals surface area contributed by atoms with Crippen LogP contribution in [0.25, 0.3) is 6.08 Å². The quantitative estimate of drug-likeness (QED) is 0.306. The number of halogens is 1. The molecule has 4 nitrogen and oxygen atoms in total. The van der Waals surface area contributed by atoms with E-state index in [0.717, 1.165) is 15.6 Å². The van der Waals surface area contributed by atoms with Gasteiger partial charge in [0.2, 0.25) is 5.78 Å². The highest BCUT2D eigenvalue weighted by molar-refractivity contribution is 9.10. The molecule has 0 fully saturated rings. The number of ketones is 1. The lowest BCUT2D eigenvalue weighted by molar-refractivity contribution is 0.0734. The Bertz CT molecular complexity index is 1110. The number of aryl methyl sites for hydroxylation is 1. The third-order valence-corrected chi connectivity index (χ3v) is 4.94. The fourth-order valence-electron chi connectivity index (χ4n) is 2.87. The molecule has 3 aromatic rings. The summed E-state index contributed by atoms with van der Waals surface area (Å²) in [6, 6.07) is 19.4. The third-order valence-electron chi connectivity index (χ3n) is 4.41. The molecule has 0 radical (unpaired) electrons. The first-order chi connectivity index (χ1) is 13.5. The number of esters is 1. The van der Waals surface area contributed by atoms with Crippen LogP contribution >= 0.6 is 15.9 Å². The highest BCUT2D eigenvalue weighted by Crippen LogP contribution is 2.35. The molecule has 0 bridgehead atoms. The van der Waals surface area contributed by atoms with Crippen LogP contribution in [0.15, 0.2) is 77.0 Å². The van der Waals surface area contributed by atoms with Gasteiger partial charge in [-0.1, -0.05) is 40.2 Å². The molecule has 0 aliphatic carbocycles. The van der Waals surface area contributed by atoms with Gasteiger partial charge in [-0.2, -0.15) is 0 Å². The fraction of sp³-hybridized carbons (Fsp3) is 0.0435. The Morgan fingerprint density at radius 2 is 1.79 bits per heavy atom. The molecule has 28 heavy (non-hydrogen) atoms. The van der Waals surface area contributed by atoms with Crippen molar-refractivity contribution in [3.8, 4) is 11.5 Å². The molecule has 1 aliphatic heterocycles. The van der Waals surface area contributed by atoms with E-state index in [4.69, 9.17) is 9.47 Å². The highest BCUT2D eigenvalue weighted by Gasteiger charge is 2.28. The molecule has 0 atom stereocenters. The predicted molar refractivity (Wildman–Crippen MR) is 110 cm³/mol. The van der Waals surface area contributed by atoms with Gasteiger partial charge < -0.3 is 9.47 Å². The SMILES string of the molecule is Cc1ccccc1/C=C1\Oc2cc(OC(=O)c3ccc(Br)cc3)ccc2C1=O. The smallest absolute Gasteiger partial charge is 0.343 e. The summed E-state index contributed by atoms with van der Waals surface area (Å²) in [5.74, 6) is 0.278. The lowest BCUT2D eigenvalue weighted by Crippen LogP contribution is -2.08. The number of benzene rings is 3. The van der Waals surface area contributed by atoms with Crippen LogP contribution in [-0.4, -0.2) is 11.8 Å². The van der Waals surface area contributed by atoms with Gasteiger partial charge in [-0.3, -0.25) is 4.79 Å². The van der Waals surface area contributed by atoms with Gasteiger partial charge >= 0.3 is 5.97 Å². The summed E-state index contributed by atoms with van der Waals surface area (Å²) in [5.41, 5.74) is 2.84. The Morgan fingerprint density at radius 1 is 1.04 bits per heavy atom. The maximum absolute atomic E-state index is 12.6. The molecule has 3 aromatic carbocycles. The zero-order valence-electron chi connectivity index (χ0n) is 14.9. The number of hydrogen-bond acceptors (Lipinski definition) is 4. The van der Waals surface area contributed by atoms with Crippen LogP contribution < -0.4 is 9.47 Å². The summed E-state index contributed by atoms with van der Waals surface area (Å²) < 4.78 is 12.0. The number of carbonyl (C=O) groups excluding carboxylic acids is 2. The molecule has 1 aliphatic rings. The average molecular weight is 435 g/mol. The normalized spacial score (nSPS) is 13.9. The maximum Gasteiger partial charge on any atom is 0.343 e. The second-order valence-electron chi connectivity index (χ2n) is 6.35. The van der Waals surface area contributed by atoms with Gasteiger partial charge in [0.05, 0.1) is 11.1 Å². The molecule has 0 unspecified atom stereocenters. The monoisotopic (exact) mass is 434 g/mol. The van der Waals surface area contributed by atoms with Gasteiger partial charge in [-0.15, -0.1) is 0 Å². The third kappa shape index (κ3) is 3.62. The van der Waals surface area contributed by atoms with E-state index in [9.17, 15) is 9.59 Å². The maximum atomic E-state index is 12.6. The largest absolute Gasteiger partial charge is 0.452 e. The molecule has 0 aromatic heterocycles. The predicted octanol–water partition coefficient (Wildman–Crippen LogP) is 5.59. The van der Waals surface area contributed by atoms with E-state index in [1.54, 1.807) is 48.5 Å². The minimum Gasteiger partial charge on any atom is -0.452 e. The van der Waals surface area contributed by atoms with Crippen LogP contribution in [0.5, 0.6) is 11.5 Å². The zero-order chi connectivity index (χ0) is 19.7. The molecule has 1 heterocycles. The Morgan fingerprint density at radius 3 is 2.54 bits per heavy atom. The lowest BCUT2D eigenvalue weighted by Gasteiger charge is -2.06. The molecule has 138 valence electrons. The van der Waals surface area contributed by atoms with E-state index in [0.29, 0.717) is 22.6 Å². The van der Waals surface area contributed by atoms with Gasteiger partial charge in [0, 0.05) is 10.5 Å². The summed E-state index contributed by atoms with van der Waals surface area (Å²) in [5, 5.41) is 0. The van der Waals surface area contributed by atoms with E-state index in [1.165, 1.54) is 0 Å². The van der Waals surface area contributed by atoms with Crippen molar-refractivity contribution in [3.63, 3.8) is 0 Å². The molecule has 4 rings (SSSR count). The van der Waals surface area contributed by atoms with Crippen molar-refractivity contribution in [2.75, 3.05) is 0 Å². The van der Waals surface area contributed by atoms with Gasteiger partial charge in [0.25, 0.3) is 0 Å². The second-order valence-corrected chi connectivity index (χ2v) is 7.27. The first-order valence-electron chi connectivity index (χ1n) is 8.63. The first kappa shape index (κ1) is 18.2. The summed E-state index contributed by atoms with van der Waals surface area (Å²) >= 11 is 3.33. The molecule has 5 heteroatoms. The lowest BCUT2D eigenvalue weighted by atomic mass is 10.1. The van der Waals surface area contributed by atoms with Gasteiger partial charge in [-0.25, -0.2) is 4.79 Å². The topological polar surface area (TPSA) is 52.6 Å². The van der Waals surface area contributed by atoms with Crippen molar-refractivity contribution in [3.05, 3.63) is 99.2 Å². The Labute approximate surface area is 170 Å². The van der Waals surface area contributed by atoms with Crippen molar-refractivity contribution in [1.29, 1.82) is 0 Å². The van der Waals surface area contributed by atoms with Gasteiger partial charge in [0.1, 0.15) is 11.5 Å². The van der Waals surface area contributed by atoms with E-state index in [1.807, 2.05) is 31.2 Å². The number of Topliss-reactive ketones (excluding diaryl/α,β-unsaturated/α-hetero) is 1. The molecule has 0 saturated carbocycles. The molecule has 0 saturated heterocycles. The summed E-state index contributed by atoms with van der Waals surface area (Å²) in [6.45, 7) is 1.97. The van der Waals surface area contributed by atoms with E-state index < -0.39 is 5.97 Å². The van der Waals surface area contributed by atoms with Crippen LogP contribution in [0.2, 0.25) is 0 Å².